The Labute approximate surface area is 151 Å². The van der Waals surface area contributed by atoms with Gasteiger partial charge >= 0.3 is 0 Å². The zero-order chi connectivity index (χ0) is 18.7. The fourth-order valence-corrected chi connectivity index (χ4v) is 2.84. The van der Waals surface area contributed by atoms with E-state index < -0.39 is 5.91 Å². The van der Waals surface area contributed by atoms with E-state index in [0.29, 0.717) is 37.6 Å². The van der Waals surface area contributed by atoms with E-state index in [9.17, 15) is 14.4 Å². The van der Waals surface area contributed by atoms with Crippen LogP contribution in [0, 0.1) is 6.92 Å². The number of carbonyl (C=O) groups excluding carboxylic acids is 2. The summed E-state index contributed by atoms with van der Waals surface area (Å²) in [7, 11) is 1.59. The normalized spacial score (nSPS) is 14.2. The Hall–Kier alpha value is -2.93. The number of hydrogen-bond acceptors (Lipinski definition) is 4. The second kappa shape index (κ2) is 7.53. The number of rotatable bonds is 3. The molecule has 1 aromatic heterocycles. The molecule has 7 heteroatoms. The third kappa shape index (κ3) is 3.67. The molecule has 26 heavy (non-hydrogen) atoms. The molecule has 1 fully saturated rings. The van der Waals surface area contributed by atoms with Crippen molar-refractivity contribution >= 4 is 17.5 Å². The summed E-state index contributed by atoms with van der Waals surface area (Å²) in [5.74, 6) is -0.586. The number of hydrogen-bond donors (Lipinski definition) is 1. The Morgan fingerprint density at radius 3 is 2.58 bits per heavy atom. The summed E-state index contributed by atoms with van der Waals surface area (Å²) in [5.41, 5.74) is 1.52. The van der Waals surface area contributed by atoms with Gasteiger partial charge in [0.1, 0.15) is 5.56 Å². The number of anilines is 1. The Morgan fingerprint density at radius 2 is 1.85 bits per heavy atom. The van der Waals surface area contributed by atoms with Gasteiger partial charge in [-0.15, -0.1) is 0 Å². The summed E-state index contributed by atoms with van der Waals surface area (Å²) in [4.78, 5) is 39.0. The van der Waals surface area contributed by atoms with Crippen molar-refractivity contribution in [1.29, 1.82) is 0 Å². The summed E-state index contributed by atoms with van der Waals surface area (Å²) in [6.45, 7) is 4.01. The predicted octanol–water partition coefficient (Wildman–Crippen LogP) is 1.42. The third-order valence-electron chi connectivity index (χ3n) is 4.39. The van der Waals surface area contributed by atoms with E-state index in [1.165, 1.54) is 10.6 Å². The number of morpholine rings is 1. The van der Waals surface area contributed by atoms with E-state index in [-0.39, 0.29) is 17.0 Å². The maximum absolute atomic E-state index is 12.7. The molecule has 0 radical (unpaired) electrons. The van der Waals surface area contributed by atoms with Crippen LogP contribution in [0.1, 0.15) is 26.3 Å². The van der Waals surface area contributed by atoms with E-state index in [4.69, 9.17) is 4.74 Å². The van der Waals surface area contributed by atoms with Gasteiger partial charge in [-0.2, -0.15) is 0 Å². The van der Waals surface area contributed by atoms with Gasteiger partial charge in [-0.3, -0.25) is 14.4 Å². The van der Waals surface area contributed by atoms with Crippen molar-refractivity contribution in [2.75, 3.05) is 31.6 Å². The molecule has 3 rings (SSSR count). The second-order valence-corrected chi connectivity index (χ2v) is 6.23. The maximum atomic E-state index is 12.7. The van der Waals surface area contributed by atoms with Crippen LogP contribution in [0.2, 0.25) is 0 Å². The standard InChI is InChI=1S/C19H21N3O4/c1-13-5-6-14(12-16(13)19(25)22-8-10-26-11-9-22)20-17(23)15-4-3-7-21(2)18(15)24/h3-7,12H,8-11H2,1-2H3,(H,20,23). The van der Waals surface area contributed by atoms with Crippen LogP contribution in [0.25, 0.3) is 0 Å². The second-order valence-electron chi connectivity index (χ2n) is 6.23. The zero-order valence-corrected chi connectivity index (χ0v) is 14.8. The molecule has 2 aromatic rings. The van der Waals surface area contributed by atoms with Crippen LogP contribution in [0.4, 0.5) is 5.69 Å². The number of pyridine rings is 1. The average Bonchev–Trinajstić information content (AvgIpc) is 2.65. The minimum Gasteiger partial charge on any atom is -0.378 e. The number of nitrogens with zero attached hydrogens (tertiary/aromatic N) is 2. The number of ether oxygens (including phenoxy) is 1. The number of aromatic nitrogens is 1. The average molecular weight is 355 g/mol. The van der Waals surface area contributed by atoms with E-state index >= 15 is 0 Å². The molecule has 0 saturated carbocycles. The van der Waals surface area contributed by atoms with Gasteiger partial charge in [0.05, 0.1) is 13.2 Å². The van der Waals surface area contributed by atoms with Gasteiger partial charge < -0.3 is 19.5 Å². The molecule has 0 unspecified atom stereocenters. The first-order chi connectivity index (χ1) is 12.5. The van der Waals surface area contributed by atoms with Crippen molar-refractivity contribution < 1.29 is 14.3 Å². The first-order valence-electron chi connectivity index (χ1n) is 8.42. The van der Waals surface area contributed by atoms with Crippen molar-refractivity contribution in [2.45, 2.75) is 6.92 Å². The summed E-state index contributed by atoms with van der Waals surface area (Å²) < 4.78 is 6.62. The quantitative estimate of drug-likeness (QED) is 0.903. The number of aryl methyl sites for hydroxylation is 2. The molecular weight excluding hydrogens is 334 g/mol. The van der Waals surface area contributed by atoms with Crippen LogP contribution < -0.4 is 10.9 Å². The lowest BCUT2D eigenvalue weighted by Crippen LogP contribution is -2.41. The van der Waals surface area contributed by atoms with Crippen molar-refractivity contribution in [3.8, 4) is 0 Å². The van der Waals surface area contributed by atoms with Gasteiger partial charge in [-0.25, -0.2) is 0 Å². The molecule has 0 spiro atoms. The molecule has 1 saturated heterocycles. The predicted molar refractivity (Wildman–Crippen MR) is 97.5 cm³/mol. The SMILES string of the molecule is Cc1ccc(NC(=O)c2cccn(C)c2=O)cc1C(=O)N1CCOCC1. The van der Waals surface area contributed by atoms with Gasteiger partial charge in [0.15, 0.2) is 0 Å². The lowest BCUT2D eigenvalue weighted by atomic mass is 10.1. The maximum Gasteiger partial charge on any atom is 0.263 e. The zero-order valence-electron chi connectivity index (χ0n) is 14.8. The molecule has 1 aromatic carbocycles. The highest BCUT2D eigenvalue weighted by Crippen LogP contribution is 2.18. The molecule has 136 valence electrons. The van der Waals surface area contributed by atoms with Crippen LogP contribution in [0.5, 0.6) is 0 Å². The van der Waals surface area contributed by atoms with E-state index in [2.05, 4.69) is 5.32 Å². The molecule has 7 nitrogen and oxygen atoms in total. The van der Waals surface area contributed by atoms with Gasteiger partial charge in [0.2, 0.25) is 0 Å². The summed E-state index contributed by atoms with van der Waals surface area (Å²) in [6.07, 6.45) is 1.59. The van der Waals surface area contributed by atoms with E-state index in [0.717, 1.165) is 5.56 Å². The smallest absolute Gasteiger partial charge is 0.263 e. The molecule has 1 N–H and O–H groups in total. The Kier molecular flexibility index (Phi) is 5.18. The highest BCUT2D eigenvalue weighted by Gasteiger charge is 2.21. The van der Waals surface area contributed by atoms with Crippen LogP contribution >= 0.6 is 0 Å². The number of carbonyl (C=O) groups is 2. The lowest BCUT2D eigenvalue weighted by molar-refractivity contribution is 0.0302. The third-order valence-corrected chi connectivity index (χ3v) is 4.39. The molecule has 0 bridgehead atoms. The van der Waals surface area contributed by atoms with Crippen molar-refractivity contribution in [3.05, 3.63) is 63.6 Å². The first kappa shape index (κ1) is 17.9. The molecule has 1 aliphatic rings. The highest BCUT2D eigenvalue weighted by molar-refractivity contribution is 6.05. The van der Waals surface area contributed by atoms with Crippen molar-refractivity contribution in [3.63, 3.8) is 0 Å². The largest absolute Gasteiger partial charge is 0.378 e. The van der Waals surface area contributed by atoms with Gasteiger partial charge in [0.25, 0.3) is 17.4 Å². The molecule has 2 amide bonds. The van der Waals surface area contributed by atoms with E-state index in [1.54, 1.807) is 42.4 Å². The molecular formula is C19H21N3O4. The monoisotopic (exact) mass is 355 g/mol. The van der Waals surface area contributed by atoms with Crippen LogP contribution in [0.15, 0.2) is 41.3 Å². The Bertz CT molecular complexity index is 898. The lowest BCUT2D eigenvalue weighted by Gasteiger charge is -2.27. The fraction of sp³-hybridized carbons (Fsp3) is 0.316. The van der Waals surface area contributed by atoms with Gasteiger partial charge in [0, 0.05) is 37.6 Å². The summed E-state index contributed by atoms with van der Waals surface area (Å²) in [5, 5.41) is 2.70. The molecule has 2 heterocycles. The summed E-state index contributed by atoms with van der Waals surface area (Å²) >= 11 is 0. The molecule has 1 aliphatic heterocycles. The summed E-state index contributed by atoms with van der Waals surface area (Å²) in [6, 6.07) is 8.27. The minimum absolute atomic E-state index is 0.0524. The first-order valence-corrected chi connectivity index (χ1v) is 8.42. The Balaban J connectivity index is 1.83. The van der Waals surface area contributed by atoms with Crippen LogP contribution in [-0.4, -0.2) is 47.6 Å². The van der Waals surface area contributed by atoms with Gasteiger partial charge in [-0.1, -0.05) is 6.07 Å². The van der Waals surface area contributed by atoms with E-state index in [1.807, 2.05) is 6.92 Å². The minimum atomic E-state index is -0.500. The van der Waals surface area contributed by atoms with Crippen molar-refractivity contribution in [1.82, 2.24) is 9.47 Å². The molecule has 0 atom stereocenters. The van der Waals surface area contributed by atoms with Crippen molar-refractivity contribution in [2.24, 2.45) is 7.05 Å². The molecule has 0 aliphatic carbocycles. The number of nitrogens with one attached hydrogen (secondary N) is 1. The number of benzene rings is 1. The number of amides is 2. The Morgan fingerprint density at radius 1 is 1.12 bits per heavy atom. The van der Waals surface area contributed by atoms with Gasteiger partial charge in [-0.05, 0) is 36.8 Å². The van der Waals surface area contributed by atoms with Crippen LogP contribution in [0.3, 0.4) is 0 Å². The highest BCUT2D eigenvalue weighted by atomic mass is 16.5. The fourth-order valence-electron chi connectivity index (χ4n) is 2.84. The topological polar surface area (TPSA) is 80.6 Å². The van der Waals surface area contributed by atoms with Crippen LogP contribution in [-0.2, 0) is 11.8 Å².